The van der Waals surface area contributed by atoms with Crippen molar-refractivity contribution in [3.8, 4) is 5.88 Å². The van der Waals surface area contributed by atoms with Crippen LogP contribution in [0.3, 0.4) is 0 Å². The van der Waals surface area contributed by atoms with Crippen LogP contribution in [0.25, 0.3) is 0 Å². The quantitative estimate of drug-likeness (QED) is 0.782. The lowest BCUT2D eigenvalue weighted by Gasteiger charge is -2.21. The summed E-state index contributed by atoms with van der Waals surface area (Å²) in [6, 6.07) is 0. The van der Waals surface area contributed by atoms with Crippen LogP contribution in [0.1, 0.15) is 20.8 Å². The van der Waals surface area contributed by atoms with Gasteiger partial charge in [0.2, 0.25) is 5.88 Å². The van der Waals surface area contributed by atoms with E-state index in [1.807, 2.05) is 20.8 Å². The van der Waals surface area contributed by atoms with Crippen LogP contribution in [0.5, 0.6) is 5.88 Å². The Bertz CT molecular complexity index is 317. The molecule has 5 heteroatoms. The van der Waals surface area contributed by atoms with Crippen LogP contribution >= 0.6 is 27.5 Å². The van der Waals surface area contributed by atoms with Crippen molar-refractivity contribution in [3.05, 3.63) is 9.63 Å². The molecule has 13 heavy (non-hydrogen) atoms. The summed E-state index contributed by atoms with van der Waals surface area (Å²) in [6.07, 6.45) is 0. The van der Waals surface area contributed by atoms with Crippen molar-refractivity contribution in [3.63, 3.8) is 0 Å². The molecule has 0 N–H and O–H groups in total. The van der Waals surface area contributed by atoms with E-state index in [9.17, 15) is 0 Å². The molecule has 0 aliphatic carbocycles. The fourth-order valence-corrected chi connectivity index (χ4v) is 1.55. The van der Waals surface area contributed by atoms with Gasteiger partial charge in [-0.25, -0.2) is 4.68 Å². The zero-order valence-electron chi connectivity index (χ0n) is 8.06. The van der Waals surface area contributed by atoms with E-state index >= 15 is 0 Å². The van der Waals surface area contributed by atoms with Gasteiger partial charge in [-0.3, -0.25) is 0 Å². The minimum Gasteiger partial charge on any atom is -0.480 e. The van der Waals surface area contributed by atoms with Gasteiger partial charge in [0.15, 0.2) is 5.15 Å². The number of rotatable bonds is 1. The standard InChI is InChI=1S/C8H12BrClN2O/c1-8(2,3)12-7(13-4)5(9)6(10)11-12/h1-4H3. The second-order valence-corrected chi connectivity index (χ2v) is 4.85. The van der Waals surface area contributed by atoms with Gasteiger partial charge in [0.25, 0.3) is 0 Å². The number of hydrogen-bond donors (Lipinski definition) is 0. The van der Waals surface area contributed by atoms with Gasteiger partial charge >= 0.3 is 0 Å². The third kappa shape index (κ3) is 1.99. The summed E-state index contributed by atoms with van der Waals surface area (Å²) in [4.78, 5) is 0. The molecule has 0 unspecified atom stereocenters. The Labute approximate surface area is 91.1 Å². The van der Waals surface area contributed by atoms with Crippen molar-refractivity contribution in [2.75, 3.05) is 7.11 Å². The predicted molar refractivity (Wildman–Crippen MR) is 56.5 cm³/mol. The zero-order chi connectivity index (χ0) is 10.2. The lowest BCUT2D eigenvalue weighted by atomic mass is 10.1. The first-order chi connectivity index (χ1) is 5.88. The summed E-state index contributed by atoms with van der Waals surface area (Å²) in [5.74, 6) is 0.650. The molecule has 0 aliphatic rings. The average Bonchev–Trinajstić information content (AvgIpc) is 2.28. The summed E-state index contributed by atoms with van der Waals surface area (Å²) < 4.78 is 7.64. The second kappa shape index (κ2) is 3.50. The summed E-state index contributed by atoms with van der Waals surface area (Å²) in [5.41, 5.74) is -0.138. The lowest BCUT2D eigenvalue weighted by molar-refractivity contribution is 0.281. The Hall–Kier alpha value is -0.220. The minimum atomic E-state index is -0.138. The van der Waals surface area contributed by atoms with E-state index in [1.165, 1.54) is 0 Å². The third-order valence-electron chi connectivity index (χ3n) is 1.58. The molecule has 0 atom stereocenters. The fraction of sp³-hybridized carbons (Fsp3) is 0.625. The average molecular weight is 268 g/mol. The number of aromatic nitrogens is 2. The molecule has 0 fully saturated rings. The van der Waals surface area contributed by atoms with Crippen molar-refractivity contribution < 1.29 is 4.74 Å². The Morgan fingerprint density at radius 3 is 2.31 bits per heavy atom. The molecule has 0 saturated carbocycles. The van der Waals surface area contributed by atoms with E-state index < -0.39 is 0 Å². The fourth-order valence-electron chi connectivity index (χ4n) is 0.989. The number of methoxy groups -OCH3 is 1. The highest BCUT2D eigenvalue weighted by molar-refractivity contribution is 9.10. The van der Waals surface area contributed by atoms with E-state index in [1.54, 1.807) is 11.8 Å². The second-order valence-electron chi connectivity index (χ2n) is 3.70. The van der Waals surface area contributed by atoms with Crippen LogP contribution in [-0.4, -0.2) is 16.9 Å². The third-order valence-corrected chi connectivity index (χ3v) is 2.79. The highest BCUT2D eigenvalue weighted by atomic mass is 79.9. The highest BCUT2D eigenvalue weighted by Crippen LogP contribution is 2.35. The molecular weight excluding hydrogens is 255 g/mol. The first kappa shape index (κ1) is 10.9. The normalized spacial score (nSPS) is 11.8. The number of nitrogens with zero attached hydrogens (tertiary/aromatic N) is 2. The van der Waals surface area contributed by atoms with Gasteiger partial charge in [0.05, 0.1) is 12.6 Å². The number of hydrogen-bond acceptors (Lipinski definition) is 2. The van der Waals surface area contributed by atoms with Gasteiger partial charge in [0.1, 0.15) is 4.47 Å². The Morgan fingerprint density at radius 2 is 2.00 bits per heavy atom. The summed E-state index contributed by atoms with van der Waals surface area (Å²) in [7, 11) is 1.60. The van der Waals surface area contributed by atoms with E-state index in [0.29, 0.717) is 15.5 Å². The first-order valence-corrected chi connectivity index (χ1v) is 5.03. The van der Waals surface area contributed by atoms with E-state index in [0.717, 1.165) is 0 Å². The van der Waals surface area contributed by atoms with E-state index in [4.69, 9.17) is 16.3 Å². The monoisotopic (exact) mass is 266 g/mol. The van der Waals surface area contributed by atoms with Crippen molar-refractivity contribution >= 4 is 27.5 Å². The molecule has 74 valence electrons. The van der Waals surface area contributed by atoms with Gasteiger partial charge in [-0.05, 0) is 36.7 Å². The van der Waals surface area contributed by atoms with Crippen molar-refractivity contribution in [1.82, 2.24) is 9.78 Å². The van der Waals surface area contributed by atoms with Crippen LogP contribution < -0.4 is 4.74 Å². The maximum Gasteiger partial charge on any atom is 0.228 e. The van der Waals surface area contributed by atoms with Crippen molar-refractivity contribution in [2.24, 2.45) is 0 Å². The maximum absolute atomic E-state index is 5.86. The van der Waals surface area contributed by atoms with Crippen molar-refractivity contribution in [1.29, 1.82) is 0 Å². The topological polar surface area (TPSA) is 27.1 Å². The Balaban J connectivity index is 3.30. The van der Waals surface area contributed by atoms with Crippen molar-refractivity contribution in [2.45, 2.75) is 26.3 Å². The van der Waals surface area contributed by atoms with Crippen LogP contribution in [0, 0.1) is 0 Å². The maximum atomic E-state index is 5.86. The Kier molecular flexibility index (Phi) is 2.92. The van der Waals surface area contributed by atoms with E-state index in [2.05, 4.69) is 21.0 Å². The Morgan fingerprint density at radius 1 is 1.46 bits per heavy atom. The van der Waals surface area contributed by atoms with Crippen LogP contribution in [-0.2, 0) is 5.54 Å². The molecule has 3 nitrogen and oxygen atoms in total. The molecule has 0 bridgehead atoms. The molecule has 0 aliphatic heterocycles. The molecule has 1 heterocycles. The SMILES string of the molecule is COc1c(Br)c(Cl)nn1C(C)(C)C. The highest BCUT2D eigenvalue weighted by Gasteiger charge is 2.23. The molecule has 0 saturated heterocycles. The lowest BCUT2D eigenvalue weighted by Crippen LogP contribution is -2.23. The molecule has 1 aromatic rings. The van der Waals surface area contributed by atoms with Crippen LogP contribution in [0.2, 0.25) is 5.15 Å². The van der Waals surface area contributed by atoms with Gasteiger partial charge in [0, 0.05) is 0 Å². The summed E-state index contributed by atoms with van der Waals surface area (Å²) >= 11 is 9.17. The van der Waals surface area contributed by atoms with Gasteiger partial charge in [-0.15, -0.1) is 0 Å². The number of halogens is 2. The zero-order valence-corrected chi connectivity index (χ0v) is 10.4. The van der Waals surface area contributed by atoms with Crippen LogP contribution in [0.15, 0.2) is 4.47 Å². The predicted octanol–water partition coefficient (Wildman–Crippen LogP) is 3.06. The molecule has 0 amide bonds. The smallest absolute Gasteiger partial charge is 0.228 e. The minimum absolute atomic E-state index is 0.138. The van der Waals surface area contributed by atoms with Gasteiger partial charge in [-0.2, -0.15) is 5.10 Å². The molecule has 1 aromatic heterocycles. The molecule has 0 radical (unpaired) electrons. The largest absolute Gasteiger partial charge is 0.480 e. The molecule has 0 spiro atoms. The molecule has 0 aromatic carbocycles. The number of ether oxygens (including phenoxy) is 1. The molecular formula is C8H12BrClN2O. The summed E-state index contributed by atoms with van der Waals surface area (Å²) in [5, 5.41) is 4.59. The first-order valence-electron chi connectivity index (χ1n) is 3.86. The van der Waals surface area contributed by atoms with Gasteiger partial charge in [-0.1, -0.05) is 11.6 Å². The summed E-state index contributed by atoms with van der Waals surface area (Å²) in [6.45, 7) is 6.10. The van der Waals surface area contributed by atoms with E-state index in [-0.39, 0.29) is 5.54 Å². The molecule has 1 rings (SSSR count). The van der Waals surface area contributed by atoms with Crippen LogP contribution in [0.4, 0.5) is 0 Å². The van der Waals surface area contributed by atoms with Gasteiger partial charge < -0.3 is 4.74 Å².